The van der Waals surface area contributed by atoms with Gasteiger partial charge in [0.1, 0.15) is 24.1 Å². The summed E-state index contributed by atoms with van der Waals surface area (Å²) in [5, 5.41) is 3.24. The minimum absolute atomic E-state index is 0.0211. The number of primary amides is 1. The zero-order valence-corrected chi connectivity index (χ0v) is 35.6. The summed E-state index contributed by atoms with van der Waals surface area (Å²) in [6, 6.07) is 0. The lowest BCUT2D eigenvalue weighted by Gasteiger charge is -2.44. The number of imidazole rings is 1. The molecule has 14 heteroatoms. The number of amides is 1. The summed E-state index contributed by atoms with van der Waals surface area (Å²) in [5.41, 5.74) is 5.95. The Labute approximate surface area is 288 Å². The van der Waals surface area contributed by atoms with Crippen molar-refractivity contribution in [3.8, 4) is 0 Å². The molecule has 0 aromatic carbocycles. The molecule has 2 rings (SSSR count). The number of rotatable bonds is 16. The van der Waals surface area contributed by atoms with Gasteiger partial charge in [-0.2, -0.15) is 0 Å². The van der Waals surface area contributed by atoms with Crippen LogP contribution in [0.25, 0.3) is 0 Å². The van der Waals surface area contributed by atoms with Crippen molar-refractivity contribution in [2.75, 3.05) is 31.7 Å². The highest BCUT2D eigenvalue weighted by Crippen LogP contribution is 2.47. The Balaban J connectivity index is 2.75. The van der Waals surface area contributed by atoms with Crippen molar-refractivity contribution in [1.29, 1.82) is 0 Å². The van der Waals surface area contributed by atoms with E-state index in [0.717, 1.165) is 0 Å². The first-order valence-corrected chi connectivity index (χ1v) is 25.9. The van der Waals surface area contributed by atoms with Gasteiger partial charge in [-0.1, -0.05) is 62.3 Å². The molecule has 0 bridgehead atoms. The third-order valence-electron chi connectivity index (χ3n) is 10.6. The smallest absolute Gasteiger partial charge is 0.271 e. The van der Waals surface area contributed by atoms with Gasteiger partial charge in [0.25, 0.3) is 5.91 Å². The zero-order valence-electron chi connectivity index (χ0n) is 32.6. The number of hydrogen-bond acceptors (Lipinski definition) is 9. The second-order valence-corrected chi connectivity index (χ2v) is 31.6. The molecule has 2 heterocycles. The van der Waals surface area contributed by atoms with Crippen LogP contribution in [0.15, 0.2) is 6.33 Å². The van der Waals surface area contributed by atoms with Crippen LogP contribution in [0.3, 0.4) is 0 Å². The van der Waals surface area contributed by atoms with E-state index in [1.807, 2.05) is 18.4 Å². The van der Waals surface area contributed by atoms with Crippen LogP contribution in [0.5, 0.6) is 0 Å². The first-order chi connectivity index (χ1) is 21.2. The summed E-state index contributed by atoms with van der Waals surface area (Å²) in [7, 11) is -6.84. The molecule has 1 saturated heterocycles. The van der Waals surface area contributed by atoms with Crippen molar-refractivity contribution in [3.63, 3.8) is 0 Å². The van der Waals surface area contributed by atoms with Crippen LogP contribution in [-0.4, -0.2) is 91.4 Å². The summed E-state index contributed by atoms with van der Waals surface area (Å²) >= 11 is 0. The summed E-state index contributed by atoms with van der Waals surface area (Å²) < 4.78 is 41.7. The van der Waals surface area contributed by atoms with Gasteiger partial charge < -0.3 is 38.5 Å². The van der Waals surface area contributed by atoms with E-state index in [0.29, 0.717) is 25.6 Å². The van der Waals surface area contributed by atoms with Gasteiger partial charge in [0.05, 0.1) is 19.5 Å². The van der Waals surface area contributed by atoms with Gasteiger partial charge in [-0.15, -0.1) is 0 Å². The monoisotopic (exact) mass is 716 g/mol. The molecule has 0 aliphatic carbocycles. The maximum atomic E-state index is 12.7. The molecule has 11 nitrogen and oxygen atoms in total. The second kappa shape index (κ2) is 15.4. The number of anilines is 1. The fraction of sp³-hybridized carbons (Fsp3) is 0.879. The van der Waals surface area contributed by atoms with Crippen LogP contribution in [0, 0.1) is 0 Å². The Kier molecular flexibility index (Phi) is 13.8. The molecule has 1 aliphatic rings. The van der Waals surface area contributed by atoms with Crippen LogP contribution in [0.1, 0.15) is 92.9 Å². The molecule has 0 spiro atoms. The highest BCUT2D eigenvalue weighted by atomic mass is 28.4. The molecule has 47 heavy (non-hydrogen) atoms. The Morgan fingerprint density at radius 2 is 1.34 bits per heavy atom. The number of nitrogens with zero attached hydrogens (tertiary/aromatic N) is 2. The largest absolute Gasteiger partial charge is 0.414 e. The topological polar surface area (TPSA) is 128 Å². The average molecular weight is 717 g/mol. The average Bonchev–Trinajstić information content (AvgIpc) is 3.45. The molecular formula is C33H68N4O7Si3. The summed E-state index contributed by atoms with van der Waals surface area (Å²) in [6.45, 7) is 39.0. The van der Waals surface area contributed by atoms with E-state index in [1.165, 1.54) is 0 Å². The van der Waals surface area contributed by atoms with E-state index in [4.69, 9.17) is 33.2 Å². The highest BCUT2D eigenvalue weighted by Gasteiger charge is 2.55. The van der Waals surface area contributed by atoms with Crippen LogP contribution in [0.4, 0.5) is 5.82 Å². The molecule has 0 radical (unpaired) electrons. The molecule has 274 valence electrons. The van der Waals surface area contributed by atoms with Gasteiger partial charge in [-0.05, 0) is 68.2 Å². The van der Waals surface area contributed by atoms with Crippen LogP contribution < -0.4 is 11.1 Å². The molecule has 4 atom stereocenters. The minimum Gasteiger partial charge on any atom is -0.414 e. The van der Waals surface area contributed by atoms with Gasteiger partial charge in [0.15, 0.2) is 43.2 Å². The van der Waals surface area contributed by atoms with E-state index in [9.17, 15) is 4.79 Å². The Morgan fingerprint density at radius 3 is 1.77 bits per heavy atom. The van der Waals surface area contributed by atoms with Crippen molar-refractivity contribution in [1.82, 2.24) is 9.55 Å². The van der Waals surface area contributed by atoms with Crippen molar-refractivity contribution in [3.05, 3.63) is 12.0 Å². The predicted octanol–water partition coefficient (Wildman–Crippen LogP) is 7.49. The lowest BCUT2D eigenvalue weighted by molar-refractivity contribution is -0.126. The number of nitrogens with one attached hydrogen (secondary N) is 1. The summed E-state index contributed by atoms with van der Waals surface area (Å²) in [5.74, 6) is -0.227. The Bertz CT molecular complexity index is 1170. The molecule has 0 unspecified atom stereocenters. The van der Waals surface area contributed by atoms with E-state index in [2.05, 4.69) is 112 Å². The molecule has 3 N–H and O–H groups in total. The second-order valence-electron chi connectivity index (χ2n) is 17.3. The predicted molar refractivity (Wildman–Crippen MR) is 197 cm³/mol. The number of carbonyl (C=O) groups excluding carboxylic acids is 1. The van der Waals surface area contributed by atoms with Gasteiger partial charge in [0.2, 0.25) is 0 Å². The SMILES string of the molecule is CCOC(CNc1c(C(N)=O)ncn1[C@@H]1O[C@H](CO[Si](C)(C)C(C)(C)C)[C@@H](O[Si](C)(C)C(C)(C)C)[C@H]1O[Si](C)(C)C(C)(C)C)OCC. The molecule has 0 saturated carbocycles. The lowest BCUT2D eigenvalue weighted by Crippen LogP contribution is -2.54. The van der Waals surface area contributed by atoms with Gasteiger partial charge in [-0.25, -0.2) is 4.98 Å². The van der Waals surface area contributed by atoms with Crippen LogP contribution >= 0.6 is 0 Å². The van der Waals surface area contributed by atoms with Gasteiger partial charge in [-0.3, -0.25) is 9.36 Å². The first kappa shape index (κ1) is 42.1. The van der Waals surface area contributed by atoms with E-state index in [1.54, 1.807) is 6.33 Å². The van der Waals surface area contributed by atoms with Crippen molar-refractivity contribution < 1.29 is 32.3 Å². The number of carbonyl (C=O) groups is 1. The quantitative estimate of drug-likeness (QED) is 0.132. The fourth-order valence-electron chi connectivity index (χ4n) is 4.50. The zero-order chi connectivity index (χ0) is 36.4. The Hall–Kier alpha value is -1.11. The van der Waals surface area contributed by atoms with Crippen molar-refractivity contribution in [2.45, 2.75) is 161 Å². The van der Waals surface area contributed by atoms with Crippen LogP contribution in [0.2, 0.25) is 54.4 Å². The van der Waals surface area contributed by atoms with Gasteiger partial charge in [0, 0.05) is 13.2 Å². The maximum Gasteiger partial charge on any atom is 0.271 e. The summed E-state index contributed by atoms with van der Waals surface area (Å²) in [6.07, 6.45) is -0.961. The molecule has 1 amide bonds. The number of aromatic nitrogens is 2. The van der Waals surface area contributed by atoms with E-state index >= 15 is 0 Å². The Morgan fingerprint density at radius 1 is 0.872 bits per heavy atom. The maximum absolute atomic E-state index is 12.7. The van der Waals surface area contributed by atoms with Gasteiger partial charge >= 0.3 is 0 Å². The highest BCUT2D eigenvalue weighted by molar-refractivity contribution is 6.75. The third-order valence-corrected chi connectivity index (χ3v) is 24.1. The normalized spacial score (nSPS) is 21.9. The minimum atomic E-state index is -2.38. The van der Waals surface area contributed by atoms with Crippen LogP contribution in [-0.2, 0) is 27.5 Å². The first-order valence-electron chi connectivity index (χ1n) is 17.2. The number of nitrogens with two attached hydrogens (primary N) is 1. The molecule has 1 fully saturated rings. The summed E-state index contributed by atoms with van der Waals surface area (Å²) in [4.78, 5) is 17.1. The van der Waals surface area contributed by atoms with Crippen molar-refractivity contribution in [2.24, 2.45) is 5.73 Å². The van der Waals surface area contributed by atoms with E-state index < -0.39 is 61.7 Å². The molecular weight excluding hydrogens is 649 g/mol. The number of hydrogen-bond donors (Lipinski definition) is 2. The standard InChI is InChI=1S/C33H68N4O7Si3/c1-18-39-24(40-19-2)20-35-29-25(28(34)38)36-22-37(29)30-27(44-47(16,17)33(9,10)11)26(43-46(14,15)32(6,7)8)23(42-30)21-41-45(12,13)31(3,4)5/h22-24,26-27,30,35H,18-21H2,1-17H3,(H2,34,38)/t23-,26-,27-,30-/m1/s1. The lowest BCUT2D eigenvalue weighted by atomic mass is 10.1. The molecule has 1 aliphatic heterocycles. The third kappa shape index (κ3) is 10.2. The fourth-order valence-corrected chi connectivity index (χ4v) is 8.12. The van der Waals surface area contributed by atoms with Crippen molar-refractivity contribution >= 4 is 36.7 Å². The number of ether oxygens (including phenoxy) is 3. The molecule has 1 aromatic rings. The molecule has 1 aromatic heterocycles. The van der Waals surface area contributed by atoms with E-state index in [-0.39, 0.29) is 27.4 Å².